The summed E-state index contributed by atoms with van der Waals surface area (Å²) in [6, 6.07) is 20.8. The van der Waals surface area contributed by atoms with Crippen molar-refractivity contribution in [3.05, 3.63) is 89.6 Å². The van der Waals surface area contributed by atoms with Crippen molar-refractivity contribution in [1.29, 1.82) is 0 Å². The lowest BCUT2D eigenvalue weighted by molar-refractivity contribution is -0.113. The minimum Gasteiger partial charge on any atom is -0.497 e. The minimum atomic E-state index is -0.496. The standard InChI is InChI=1S/C25H24N2O5/c1-30-19-14-12-18(13-15-19)26-25(29)21(16-17-8-4-6-10-22(17)31-2)27-24(28)20-9-5-7-11-23(20)32-3/h4-16H,1-3H3,(H,26,29)(H,27,28)/b21-16+. The highest BCUT2D eigenvalue weighted by atomic mass is 16.5. The number of carbonyl (C=O) groups is 2. The summed E-state index contributed by atoms with van der Waals surface area (Å²) in [5.74, 6) is 0.654. The Kier molecular flexibility index (Phi) is 7.48. The number of benzene rings is 3. The Labute approximate surface area is 186 Å². The van der Waals surface area contributed by atoms with Crippen molar-refractivity contribution < 1.29 is 23.8 Å². The predicted octanol–water partition coefficient (Wildman–Crippen LogP) is 4.12. The summed E-state index contributed by atoms with van der Waals surface area (Å²) < 4.78 is 15.8. The summed E-state index contributed by atoms with van der Waals surface area (Å²) in [6.07, 6.45) is 1.56. The molecular weight excluding hydrogens is 408 g/mol. The summed E-state index contributed by atoms with van der Waals surface area (Å²) in [4.78, 5) is 26.1. The number of rotatable bonds is 8. The van der Waals surface area contributed by atoms with Crippen molar-refractivity contribution in [2.75, 3.05) is 26.6 Å². The maximum atomic E-state index is 13.1. The van der Waals surface area contributed by atoms with Crippen LogP contribution in [0.25, 0.3) is 6.08 Å². The highest BCUT2D eigenvalue weighted by Crippen LogP contribution is 2.22. The SMILES string of the molecule is COc1ccc(NC(=O)/C(=C\c2ccccc2OC)NC(=O)c2ccccc2OC)cc1. The second kappa shape index (κ2) is 10.7. The lowest BCUT2D eigenvalue weighted by Gasteiger charge is -2.14. The Morgan fingerprint density at radius 3 is 2.03 bits per heavy atom. The average molecular weight is 432 g/mol. The third-order valence-electron chi connectivity index (χ3n) is 4.63. The summed E-state index contributed by atoms with van der Waals surface area (Å²) >= 11 is 0. The van der Waals surface area contributed by atoms with Gasteiger partial charge in [0.1, 0.15) is 22.9 Å². The molecular formula is C25H24N2O5. The fraction of sp³-hybridized carbons (Fsp3) is 0.120. The van der Waals surface area contributed by atoms with Gasteiger partial charge in [0.05, 0.1) is 26.9 Å². The molecule has 0 aliphatic carbocycles. The Morgan fingerprint density at radius 1 is 0.750 bits per heavy atom. The third-order valence-corrected chi connectivity index (χ3v) is 4.63. The Morgan fingerprint density at radius 2 is 1.38 bits per heavy atom. The number of para-hydroxylation sites is 2. The molecule has 3 aromatic rings. The summed E-state index contributed by atoms with van der Waals surface area (Å²) in [6.45, 7) is 0. The molecule has 0 radical (unpaired) electrons. The molecule has 0 fully saturated rings. The summed E-state index contributed by atoms with van der Waals surface area (Å²) in [5, 5.41) is 5.49. The van der Waals surface area contributed by atoms with E-state index in [1.54, 1.807) is 73.8 Å². The predicted molar refractivity (Wildman–Crippen MR) is 123 cm³/mol. The molecule has 0 spiro atoms. The molecule has 0 atom stereocenters. The van der Waals surface area contributed by atoms with Crippen LogP contribution in [0.4, 0.5) is 5.69 Å². The van der Waals surface area contributed by atoms with Gasteiger partial charge in [-0.2, -0.15) is 0 Å². The smallest absolute Gasteiger partial charge is 0.272 e. The molecule has 2 amide bonds. The van der Waals surface area contributed by atoms with Crippen LogP contribution in [0.3, 0.4) is 0 Å². The molecule has 0 saturated heterocycles. The van der Waals surface area contributed by atoms with Crippen LogP contribution in [0.2, 0.25) is 0 Å². The average Bonchev–Trinajstić information content (AvgIpc) is 2.84. The first-order chi connectivity index (χ1) is 15.5. The van der Waals surface area contributed by atoms with E-state index in [4.69, 9.17) is 14.2 Å². The second-order valence-electron chi connectivity index (χ2n) is 6.64. The molecule has 0 saturated carbocycles. The van der Waals surface area contributed by atoms with Crippen LogP contribution in [-0.2, 0) is 4.79 Å². The maximum Gasteiger partial charge on any atom is 0.272 e. The van der Waals surface area contributed by atoms with E-state index in [0.29, 0.717) is 34.1 Å². The van der Waals surface area contributed by atoms with Gasteiger partial charge >= 0.3 is 0 Å². The molecule has 3 aromatic carbocycles. The zero-order valence-electron chi connectivity index (χ0n) is 18.0. The van der Waals surface area contributed by atoms with Crippen LogP contribution < -0.4 is 24.8 Å². The zero-order valence-corrected chi connectivity index (χ0v) is 18.0. The fourth-order valence-electron chi connectivity index (χ4n) is 2.99. The first-order valence-electron chi connectivity index (χ1n) is 9.80. The van der Waals surface area contributed by atoms with E-state index >= 15 is 0 Å². The van der Waals surface area contributed by atoms with E-state index in [0.717, 1.165) is 0 Å². The number of ether oxygens (including phenoxy) is 3. The first kappa shape index (κ1) is 22.4. The molecule has 2 N–H and O–H groups in total. The number of amides is 2. The second-order valence-corrected chi connectivity index (χ2v) is 6.64. The largest absolute Gasteiger partial charge is 0.497 e. The van der Waals surface area contributed by atoms with E-state index in [-0.39, 0.29) is 5.70 Å². The van der Waals surface area contributed by atoms with Crippen LogP contribution in [0.15, 0.2) is 78.5 Å². The van der Waals surface area contributed by atoms with Crippen molar-refractivity contribution in [3.63, 3.8) is 0 Å². The van der Waals surface area contributed by atoms with Crippen molar-refractivity contribution in [2.45, 2.75) is 0 Å². The van der Waals surface area contributed by atoms with Gasteiger partial charge in [-0.25, -0.2) is 0 Å². The van der Waals surface area contributed by atoms with Gasteiger partial charge in [0.2, 0.25) is 0 Å². The maximum absolute atomic E-state index is 13.1. The lowest BCUT2D eigenvalue weighted by atomic mass is 10.1. The number of methoxy groups -OCH3 is 3. The van der Waals surface area contributed by atoms with Crippen molar-refractivity contribution in [2.24, 2.45) is 0 Å². The van der Waals surface area contributed by atoms with Crippen LogP contribution in [0.1, 0.15) is 15.9 Å². The molecule has 0 heterocycles. The molecule has 32 heavy (non-hydrogen) atoms. The summed E-state index contributed by atoms with van der Waals surface area (Å²) in [5.41, 5.74) is 1.53. The number of hydrogen-bond acceptors (Lipinski definition) is 5. The molecule has 0 unspecified atom stereocenters. The third kappa shape index (κ3) is 5.46. The van der Waals surface area contributed by atoms with Gasteiger partial charge in [0.15, 0.2) is 0 Å². The van der Waals surface area contributed by atoms with Gasteiger partial charge < -0.3 is 24.8 Å². The molecule has 0 aliphatic heterocycles. The van der Waals surface area contributed by atoms with E-state index < -0.39 is 11.8 Å². The van der Waals surface area contributed by atoms with Gasteiger partial charge in [0.25, 0.3) is 11.8 Å². The Balaban J connectivity index is 1.94. The Bertz CT molecular complexity index is 1120. The topological polar surface area (TPSA) is 85.9 Å². The van der Waals surface area contributed by atoms with Crippen LogP contribution >= 0.6 is 0 Å². The number of anilines is 1. The summed E-state index contributed by atoms with van der Waals surface area (Å²) in [7, 11) is 4.58. The van der Waals surface area contributed by atoms with Gasteiger partial charge in [-0.05, 0) is 48.5 Å². The number of hydrogen-bond donors (Lipinski definition) is 2. The first-order valence-corrected chi connectivity index (χ1v) is 9.80. The van der Waals surface area contributed by atoms with Crippen LogP contribution in [0.5, 0.6) is 17.2 Å². The van der Waals surface area contributed by atoms with E-state index in [1.807, 2.05) is 12.1 Å². The fourth-order valence-corrected chi connectivity index (χ4v) is 2.99. The minimum absolute atomic E-state index is 0.0428. The Hall–Kier alpha value is -4.26. The zero-order chi connectivity index (χ0) is 22.9. The number of carbonyl (C=O) groups excluding carboxylic acids is 2. The van der Waals surface area contributed by atoms with Crippen molar-refractivity contribution >= 4 is 23.6 Å². The lowest BCUT2D eigenvalue weighted by Crippen LogP contribution is -2.31. The molecule has 7 nitrogen and oxygen atoms in total. The van der Waals surface area contributed by atoms with E-state index in [2.05, 4.69) is 10.6 Å². The van der Waals surface area contributed by atoms with Crippen molar-refractivity contribution in [3.8, 4) is 17.2 Å². The van der Waals surface area contributed by atoms with Gasteiger partial charge in [0, 0.05) is 11.3 Å². The monoisotopic (exact) mass is 432 g/mol. The molecule has 0 aliphatic rings. The highest BCUT2D eigenvalue weighted by molar-refractivity contribution is 6.11. The molecule has 164 valence electrons. The molecule has 0 aromatic heterocycles. The van der Waals surface area contributed by atoms with E-state index in [1.165, 1.54) is 14.2 Å². The molecule has 3 rings (SSSR count). The molecule has 7 heteroatoms. The van der Waals surface area contributed by atoms with Gasteiger partial charge in [-0.3, -0.25) is 9.59 Å². The van der Waals surface area contributed by atoms with Crippen LogP contribution in [-0.4, -0.2) is 33.1 Å². The van der Waals surface area contributed by atoms with Gasteiger partial charge in [-0.15, -0.1) is 0 Å². The van der Waals surface area contributed by atoms with E-state index in [9.17, 15) is 9.59 Å². The number of nitrogens with one attached hydrogen (secondary N) is 2. The highest BCUT2D eigenvalue weighted by Gasteiger charge is 2.18. The quantitative estimate of drug-likeness (QED) is 0.523. The molecule has 0 bridgehead atoms. The normalized spacial score (nSPS) is 10.8. The van der Waals surface area contributed by atoms with Crippen molar-refractivity contribution in [1.82, 2.24) is 5.32 Å². The van der Waals surface area contributed by atoms with Crippen LogP contribution in [0, 0.1) is 0 Å². The van der Waals surface area contributed by atoms with Gasteiger partial charge in [-0.1, -0.05) is 30.3 Å².